The van der Waals surface area contributed by atoms with Crippen LogP contribution in [0.3, 0.4) is 0 Å². The Balaban J connectivity index is 1.16. The fourth-order valence-electron chi connectivity index (χ4n) is 4.91. The van der Waals surface area contributed by atoms with Gasteiger partial charge in [-0.15, -0.1) is 0 Å². The molecule has 0 saturated heterocycles. The summed E-state index contributed by atoms with van der Waals surface area (Å²) >= 11 is 0. The number of benzene rings is 3. The largest absolute Gasteiger partial charge is 0.493 e. The first-order valence-corrected chi connectivity index (χ1v) is 12.7. The zero-order valence-corrected chi connectivity index (χ0v) is 21.9. The molecule has 1 aliphatic rings. The van der Waals surface area contributed by atoms with E-state index in [1.165, 1.54) is 16.7 Å². The Morgan fingerprint density at radius 1 is 0.865 bits per heavy atom. The van der Waals surface area contributed by atoms with Gasteiger partial charge in [-0.1, -0.05) is 24.3 Å². The van der Waals surface area contributed by atoms with Gasteiger partial charge in [0, 0.05) is 36.7 Å². The molecule has 0 amide bonds. The van der Waals surface area contributed by atoms with Gasteiger partial charge in [0.05, 0.1) is 14.2 Å². The average molecular weight is 500 g/mol. The maximum Gasteiger partial charge on any atom is 0.339 e. The molecule has 0 N–H and O–H groups in total. The van der Waals surface area contributed by atoms with Gasteiger partial charge in [-0.05, 0) is 78.8 Å². The first-order valence-electron chi connectivity index (χ1n) is 12.7. The minimum Gasteiger partial charge on any atom is -0.493 e. The number of methoxy groups -OCH3 is 2. The predicted octanol–water partition coefficient (Wildman–Crippen LogP) is 5.61. The van der Waals surface area contributed by atoms with Gasteiger partial charge in [0.1, 0.15) is 17.9 Å². The Bertz CT molecular complexity index is 1470. The smallest absolute Gasteiger partial charge is 0.339 e. The highest BCUT2D eigenvalue weighted by molar-refractivity contribution is 5.82. The first kappa shape index (κ1) is 24.9. The molecule has 5 rings (SSSR count). The van der Waals surface area contributed by atoms with Crippen LogP contribution in [0.5, 0.6) is 17.2 Å². The normalized spacial score (nSPS) is 13.4. The maximum absolute atomic E-state index is 12.0. The first-order chi connectivity index (χ1) is 17.9. The molecule has 0 aliphatic carbocycles. The zero-order valence-electron chi connectivity index (χ0n) is 21.9. The summed E-state index contributed by atoms with van der Waals surface area (Å²) < 4.78 is 22.4. The fourth-order valence-corrected chi connectivity index (χ4v) is 4.91. The number of hydrogen-bond donors (Lipinski definition) is 0. The van der Waals surface area contributed by atoms with Crippen LogP contribution in [-0.2, 0) is 26.0 Å². The van der Waals surface area contributed by atoms with E-state index < -0.39 is 0 Å². The van der Waals surface area contributed by atoms with Crippen molar-refractivity contribution in [2.45, 2.75) is 39.8 Å². The Hall–Kier alpha value is -3.77. The average Bonchev–Trinajstić information content (AvgIpc) is 2.93. The minimum absolute atomic E-state index is 0.300. The monoisotopic (exact) mass is 499 g/mol. The number of rotatable bonds is 8. The summed E-state index contributed by atoms with van der Waals surface area (Å²) in [5, 5.41) is 0.935. The molecule has 0 unspecified atom stereocenters. The lowest BCUT2D eigenvalue weighted by molar-refractivity contribution is 0.255. The number of hydrogen-bond acceptors (Lipinski definition) is 6. The van der Waals surface area contributed by atoms with Crippen molar-refractivity contribution in [3.8, 4) is 17.2 Å². The van der Waals surface area contributed by atoms with Crippen molar-refractivity contribution in [2.75, 3.05) is 27.3 Å². The van der Waals surface area contributed by atoms with E-state index in [1.807, 2.05) is 19.1 Å². The minimum atomic E-state index is -0.300. The summed E-state index contributed by atoms with van der Waals surface area (Å²) in [6.45, 7) is 7.15. The van der Waals surface area contributed by atoms with E-state index in [2.05, 4.69) is 41.3 Å². The molecule has 0 bridgehead atoms. The van der Waals surface area contributed by atoms with Crippen LogP contribution in [0.25, 0.3) is 11.0 Å². The third kappa shape index (κ3) is 5.35. The molecular formula is C31H33NO5. The lowest BCUT2D eigenvalue weighted by atomic mass is 9.98. The molecule has 0 radical (unpaired) electrons. The standard InChI is InChI=1S/C31H33NO5/c1-20-21(2)31(33)37-28-17-26(9-10-27(20)28)36-19-23-7-5-22(6-8-23)11-13-32-14-12-24-15-29(34-3)30(35-4)16-25(24)18-32/h5-10,15-17H,11-14,18-19H2,1-4H3. The summed E-state index contributed by atoms with van der Waals surface area (Å²) in [6, 6.07) is 18.5. The van der Waals surface area contributed by atoms with Crippen molar-refractivity contribution in [1.29, 1.82) is 0 Å². The highest BCUT2D eigenvalue weighted by Gasteiger charge is 2.19. The second-order valence-electron chi connectivity index (χ2n) is 9.65. The van der Waals surface area contributed by atoms with Crippen LogP contribution >= 0.6 is 0 Å². The quantitative estimate of drug-likeness (QED) is 0.294. The highest BCUT2D eigenvalue weighted by Crippen LogP contribution is 2.33. The summed E-state index contributed by atoms with van der Waals surface area (Å²) in [6.07, 6.45) is 2.01. The molecule has 2 heterocycles. The van der Waals surface area contributed by atoms with Gasteiger partial charge in [0.15, 0.2) is 11.5 Å². The molecule has 0 spiro atoms. The molecule has 3 aromatic carbocycles. The van der Waals surface area contributed by atoms with Crippen molar-refractivity contribution in [3.05, 3.63) is 98.4 Å². The van der Waals surface area contributed by atoms with Gasteiger partial charge in [-0.25, -0.2) is 4.79 Å². The van der Waals surface area contributed by atoms with Crippen molar-refractivity contribution in [2.24, 2.45) is 0 Å². The topological polar surface area (TPSA) is 61.1 Å². The van der Waals surface area contributed by atoms with Crippen molar-refractivity contribution in [3.63, 3.8) is 0 Å². The van der Waals surface area contributed by atoms with Gasteiger partial charge in [0.2, 0.25) is 0 Å². The summed E-state index contributed by atoms with van der Waals surface area (Å²) in [5.41, 5.74) is 6.91. The van der Waals surface area contributed by atoms with Crippen molar-refractivity contribution < 1.29 is 18.6 Å². The Morgan fingerprint density at radius 2 is 1.57 bits per heavy atom. The van der Waals surface area contributed by atoms with E-state index in [-0.39, 0.29) is 5.63 Å². The SMILES string of the molecule is COc1cc2c(cc1OC)CN(CCc1ccc(COc3ccc4c(C)c(C)c(=O)oc4c3)cc1)CC2. The van der Waals surface area contributed by atoms with Gasteiger partial charge in [0.25, 0.3) is 0 Å². The van der Waals surface area contributed by atoms with Gasteiger partial charge >= 0.3 is 5.63 Å². The molecule has 0 atom stereocenters. The molecule has 192 valence electrons. The predicted molar refractivity (Wildman–Crippen MR) is 145 cm³/mol. The fraction of sp³-hybridized carbons (Fsp3) is 0.323. The molecule has 0 saturated carbocycles. The van der Waals surface area contributed by atoms with Gasteiger partial charge in [-0.2, -0.15) is 0 Å². The number of fused-ring (bicyclic) bond motifs is 2. The van der Waals surface area contributed by atoms with Crippen LogP contribution in [-0.4, -0.2) is 32.2 Å². The van der Waals surface area contributed by atoms with Gasteiger partial charge < -0.3 is 18.6 Å². The molecule has 0 fully saturated rings. The third-order valence-electron chi connectivity index (χ3n) is 7.37. The summed E-state index contributed by atoms with van der Waals surface area (Å²) in [4.78, 5) is 14.5. The molecule has 6 nitrogen and oxygen atoms in total. The lowest BCUT2D eigenvalue weighted by Crippen LogP contribution is -2.32. The van der Waals surface area contributed by atoms with E-state index in [9.17, 15) is 4.79 Å². The zero-order chi connectivity index (χ0) is 25.9. The molecule has 6 heteroatoms. The summed E-state index contributed by atoms with van der Waals surface area (Å²) in [5.74, 6) is 2.28. The highest BCUT2D eigenvalue weighted by atomic mass is 16.5. The van der Waals surface area contributed by atoms with Crippen LogP contribution in [0.1, 0.15) is 33.4 Å². The van der Waals surface area contributed by atoms with Crippen LogP contribution in [0, 0.1) is 13.8 Å². The van der Waals surface area contributed by atoms with E-state index in [0.29, 0.717) is 23.5 Å². The number of aryl methyl sites for hydroxylation is 1. The van der Waals surface area contributed by atoms with Gasteiger partial charge in [-0.3, -0.25) is 4.90 Å². The third-order valence-corrected chi connectivity index (χ3v) is 7.37. The molecule has 4 aromatic rings. The Morgan fingerprint density at radius 3 is 2.30 bits per heavy atom. The van der Waals surface area contributed by atoms with E-state index in [4.69, 9.17) is 18.6 Å². The second-order valence-corrected chi connectivity index (χ2v) is 9.65. The molecular weight excluding hydrogens is 466 g/mol. The van der Waals surface area contributed by atoms with Crippen LogP contribution in [0.15, 0.2) is 63.8 Å². The van der Waals surface area contributed by atoms with E-state index >= 15 is 0 Å². The van der Waals surface area contributed by atoms with Crippen LogP contribution in [0.4, 0.5) is 0 Å². The molecule has 37 heavy (non-hydrogen) atoms. The van der Waals surface area contributed by atoms with Crippen LogP contribution in [0.2, 0.25) is 0 Å². The number of nitrogens with zero attached hydrogens (tertiary/aromatic N) is 1. The number of ether oxygens (including phenoxy) is 3. The Labute approximate surface area is 217 Å². The van der Waals surface area contributed by atoms with Crippen molar-refractivity contribution >= 4 is 11.0 Å². The van der Waals surface area contributed by atoms with Crippen LogP contribution < -0.4 is 19.8 Å². The second kappa shape index (κ2) is 10.7. The Kier molecular flexibility index (Phi) is 7.19. The lowest BCUT2D eigenvalue weighted by Gasteiger charge is -2.29. The molecule has 1 aliphatic heterocycles. The van der Waals surface area contributed by atoms with Crippen molar-refractivity contribution in [1.82, 2.24) is 4.90 Å². The van der Waals surface area contributed by atoms with E-state index in [0.717, 1.165) is 60.5 Å². The maximum atomic E-state index is 12.0. The molecule has 1 aromatic heterocycles. The van der Waals surface area contributed by atoms with E-state index in [1.54, 1.807) is 27.2 Å². The summed E-state index contributed by atoms with van der Waals surface area (Å²) in [7, 11) is 3.37.